The molecule has 0 saturated carbocycles. The Morgan fingerprint density at radius 2 is 2.00 bits per heavy atom. The molecule has 3 heterocycles. The van der Waals surface area contributed by atoms with Gasteiger partial charge in [-0.05, 0) is 50.2 Å². The van der Waals surface area contributed by atoms with Gasteiger partial charge in [0, 0.05) is 17.4 Å². The number of hydrogen-bond acceptors (Lipinski definition) is 7. The van der Waals surface area contributed by atoms with Crippen LogP contribution in [0.25, 0.3) is 6.08 Å². The maximum absolute atomic E-state index is 13.1. The SMILES string of the molecule is Cc1noc(C)c1CSC1=N/C(=C\c2ccco2)C(=O)N1c1ccc(OC(F)F)cc1. The van der Waals surface area contributed by atoms with Crippen LogP contribution in [-0.2, 0) is 10.5 Å². The molecule has 1 aliphatic rings. The molecule has 0 aliphatic carbocycles. The summed E-state index contributed by atoms with van der Waals surface area (Å²) in [6.07, 6.45) is 3.05. The number of nitrogens with zero attached hydrogens (tertiary/aromatic N) is 3. The van der Waals surface area contributed by atoms with Crippen LogP contribution in [0, 0.1) is 13.8 Å². The normalized spacial score (nSPS) is 15.3. The molecule has 4 rings (SSSR count). The maximum Gasteiger partial charge on any atom is 0.387 e. The predicted molar refractivity (Wildman–Crippen MR) is 112 cm³/mol. The lowest BCUT2D eigenvalue weighted by Gasteiger charge is -2.18. The van der Waals surface area contributed by atoms with Gasteiger partial charge in [0.2, 0.25) is 0 Å². The van der Waals surface area contributed by atoms with Gasteiger partial charge in [0.25, 0.3) is 5.91 Å². The maximum atomic E-state index is 13.1. The van der Waals surface area contributed by atoms with E-state index in [1.165, 1.54) is 47.2 Å². The summed E-state index contributed by atoms with van der Waals surface area (Å²) in [5, 5.41) is 4.38. The molecular weight excluding hydrogens is 428 g/mol. The van der Waals surface area contributed by atoms with Crippen LogP contribution in [0.1, 0.15) is 22.8 Å². The van der Waals surface area contributed by atoms with Gasteiger partial charge >= 0.3 is 6.61 Å². The summed E-state index contributed by atoms with van der Waals surface area (Å²) in [4.78, 5) is 19.0. The highest BCUT2D eigenvalue weighted by molar-refractivity contribution is 8.13. The van der Waals surface area contributed by atoms with Crippen LogP contribution >= 0.6 is 11.8 Å². The Bertz CT molecular complexity index is 1120. The van der Waals surface area contributed by atoms with E-state index >= 15 is 0 Å². The number of aliphatic imine (C=N–C) groups is 1. The van der Waals surface area contributed by atoms with Crippen molar-refractivity contribution in [2.24, 2.45) is 4.99 Å². The first-order chi connectivity index (χ1) is 14.9. The van der Waals surface area contributed by atoms with Gasteiger partial charge in [-0.3, -0.25) is 9.69 Å². The minimum atomic E-state index is -2.93. The molecule has 0 N–H and O–H groups in total. The van der Waals surface area contributed by atoms with Crippen LogP contribution in [0.4, 0.5) is 14.5 Å². The number of rotatable bonds is 6. The average molecular weight is 445 g/mol. The van der Waals surface area contributed by atoms with Gasteiger partial charge in [0.05, 0.1) is 17.6 Å². The zero-order valence-corrected chi connectivity index (χ0v) is 17.4. The number of benzene rings is 1. The molecule has 0 unspecified atom stereocenters. The van der Waals surface area contributed by atoms with Crippen LogP contribution in [0.15, 0.2) is 62.3 Å². The van der Waals surface area contributed by atoms with Crippen molar-refractivity contribution in [2.75, 3.05) is 4.90 Å². The molecule has 0 fully saturated rings. The minimum Gasteiger partial charge on any atom is -0.465 e. The highest BCUT2D eigenvalue weighted by Gasteiger charge is 2.32. The van der Waals surface area contributed by atoms with E-state index in [0.29, 0.717) is 28.1 Å². The van der Waals surface area contributed by atoms with Gasteiger partial charge in [0.15, 0.2) is 5.17 Å². The molecule has 0 saturated heterocycles. The Balaban J connectivity index is 1.64. The Morgan fingerprint density at radius 1 is 1.23 bits per heavy atom. The van der Waals surface area contributed by atoms with Gasteiger partial charge in [-0.15, -0.1) is 0 Å². The van der Waals surface area contributed by atoms with Crippen molar-refractivity contribution in [1.82, 2.24) is 5.16 Å². The van der Waals surface area contributed by atoms with E-state index in [1.54, 1.807) is 18.2 Å². The molecule has 0 bridgehead atoms. The number of aryl methyl sites for hydroxylation is 2. The monoisotopic (exact) mass is 445 g/mol. The molecule has 160 valence electrons. The number of halogens is 2. The fraction of sp³-hybridized carbons (Fsp3) is 0.190. The van der Waals surface area contributed by atoms with Gasteiger partial charge in [-0.25, -0.2) is 4.99 Å². The van der Waals surface area contributed by atoms with Crippen molar-refractivity contribution in [3.05, 3.63) is 71.1 Å². The second-order valence-corrected chi connectivity index (χ2v) is 7.49. The summed E-state index contributed by atoms with van der Waals surface area (Å²) >= 11 is 1.34. The first-order valence-corrected chi connectivity index (χ1v) is 10.2. The summed E-state index contributed by atoms with van der Waals surface area (Å²) < 4.78 is 39.8. The number of thioether (sulfide) groups is 1. The number of carbonyl (C=O) groups is 1. The number of carbonyl (C=O) groups excluding carboxylic acids is 1. The first kappa shape index (κ1) is 20.9. The average Bonchev–Trinajstić information content (AvgIpc) is 3.43. The molecule has 10 heteroatoms. The van der Waals surface area contributed by atoms with Crippen LogP contribution in [0.5, 0.6) is 5.75 Å². The van der Waals surface area contributed by atoms with Gasteiger partial charge in [-0.2, -0.15) is 8.78 Å². The molecular formula is C21H17F2N3O4S. The molecule has 2 aromatic heterocycles. The van der Waals surface area contributed by atoms with E-state index in [-0.39, 0.29) is 17.4 Å². The minimum absolute atomic E-state index is 0.00129. The highest BCUT2D eigenvalue weighted by atomic mass is 32.2. The van der Waals surface area contributed by atoms with Crippen LogP contribution in [-0.4, -0.2) is 22.8 Å². The lowest BCUT2D eigenvalue weighted by atomic mass is 10.2. The molecule has 31 heavy (non-hydrogen) atoms. The molecule has 0 radical (unpaired) electrons. The number of ether oxygens (including phenoxy) is 1. The van der Waals surface area contributed by atoms with E-state index in [2.05, 4.69) is 14.9 Å². The second kappa shape index (κ2) is 8.76. The molecule has 0 atom stereocenters. The van der Waals surface area contributed by atoms with Crippen molar-refractivity contribution < 1.29 is 27.3 Å². The number of furan rings is 1. The van der Waals surface area contributed by atoms with E-state index in [1.807, 2.05) is 13.8 Å². The topological polar surface area (TPSA) is 81.1 Å². The number of amidine groups is 1. The summed E-state index contributed by atoms with van der Waals surface area (Å²) in [6.45, 7) is 0.736. The van der Waals surface area contributed by atoms with Gasteiger partial charge in [-0.1, -0.05) is 16.9 Å². The van der Waals surface area contributed by atoms with Crippen molar-refractivity contribution in [3.8, 4) is 5.75 Å². The predicted octanol–water partition coefficient (Wildman–Crippen LogP) is 5.16. The number of aromatic nitrogens is 1. The summed E-state index contributed by atoms with van der Waals surface area (Å²) in [5.74, 6) is 1.31. The van der Waals surface area contributed by atoms with Crippen molar-refractivity contribution in [2.45, 2.75) is 26.2 Å². The standard InChI is InChI=1S/C21H17F2N3O4S/c1-12-17(13(2)30-25-12)11-31-21-24-18(10-16-4-3-9-28-16)19(27)26(21)14-5-7-15(8-6-14)29-20(22)23/h3-10,20H,11H2,1-2H3/b18-10-. The third-order valence-corrected chi connectivity index (χ3v) is 5.46. The molecule has 7 nitrogen and oxygen atoms in total. The van der Waals surface area contributed by atoms with E-state index in [4.69, 9.17) is 8.94 Å². The zero-order chi connectivity index (χ0) is 22.0. The summed E-state index contributed by atoms with van der Waals surface area (Å²) in [5.41, 5.74) is 2.36. The quantitative estimate of drug-likeness (QED) is 0.488. The Morgan fingerprint density at radius 3 is 2.61 bits per heavy atom. The number of amides is 1. The summed E-state index contributed by atoms with van der Waals surface area (Å²) in [7, 11) is 0. The van der Waals surface area contributed by atoms with Crippen molar-refractivity contribution in [3.63, 3.8) is 0 Å². The molecule has 3 aromatic rings. The number of alkyl halides is 2. The molecule has 1 aliphatic heterocycles. The zero-order valence-electron chi connectivity index (χ0n) is 16.5. The van der Waals surface area contributed by atoms with Crippen molar-refractivity contribution >= 4 is 34.6 Å². The third-order valence-electron chi connectivity index (χ3n) is 4.50. The van der Waals surface area contributed by atoms with Crippen molar-refractivity contribution in [1.29, 1.82) is 0 Å². The molecule has 0 spiro atoms. The lowest BCUT2D eigenvalue weighted by molar-refractivity contribution is -0.113. The van der Waals surface area contributed by atoms with E-state index in [9.17, 15) is 13.6 Å². The van der Waals surface area contributed by atoms with Crippen LogP contribution in [0.3, 0.4) is 0 Å². The molecule has 1 amide bonds. The fourth-order valence-corrected chi connectivity index (χ4v) is 4.12. The largest absolute Gasteiger partial charge is 0.465 e. The second-order valence-electron chi connectivity index (χ2n) is 6.54. The number of hydrogen-bond donors (Lipinski definition) is 0. The fourth-order valence-electron chi connectivity index (χ4n) is 2.95. The van der Waals surface area contributed by atoms with Crippen LogP contribution in [0.2, 0.25) is 0 Å². The van der Waals surface area contributed by atoms with Crippen LogP contribution < -0.4 is 9.64 Å². The first-order valence-electron chi connectivity index (χ1n) is 9.20. The van der Waals surface area contributed by atoms with E-state index < -0.39 is 6.61 Å². The Hall–Kier alpha value is -3.40. The lowest BCUT2D eigenvalue weighted by Crippen LogP contribution is -2.30. The Kier molecular flexibility index (Phi) is 5.90. The highest BCUT2D eigenvalue weighted by Crippen LogP contribution is 2.33. The van der Waals surface area contributed by atoms with Gasteiger partial charge in [0.1, 0.15) is 23.0 Å². The molecule has 1 aromatic carbocycles. The summed E-state index contributed by atoms with van der Waals surface area (Å²) in [6, 6.07) is 9.22. The smallest absolute Gasteiger partial charge is 0.387 e. The van der Waals surface area contributed by atoms with Gasteiger partial charge < -0.3 is 13.7 Å². The third kappa shape index (κ3) is 4.53. The van der Waals surface area contributed by atoms with E-state index in [0.717, 1.165) is 11.3 Å². The number of anilines is 1. The Labute approximate surface area is 180 Å².